The maximum Gasteiger partial charge on any atom is 0.410 e. The monoisotopic (exact) mass is 292 g/mol. The van der Waals surface area contributed by atoms with Gasteiger partial charge in [-0.2, -0.15) is 0 Å². The van der Waals surface area contributed by atoms with E-state index in [1.807, 2.05) is 20.8 Å². The molecule has 2 rings (SSSR count). The van der Waals surface area contributed by atoms with E-state index >= 15 is 0 Å². The third-order valence-electron chi connectivity index (χ3n) is 3.14. The molecule has 6 heteroatoms. The molecule has 0 spiro atoms. The van der Waals surface area contributed by atoms with E-state index in [0.29, 0.717) is 19.5 Å². The van der Waals surface area contributed by atoms with Crippen molar-refractivity contribution in [3.63, 3.8) is 0 Å². The third kappa shape index (κ3) is 3.71. The molecule has 0 bridgehead atoms. The molecule has 2 heterocycles. The number of carbonyl (C=O) groups is 2. The fourth-order valence-corrected chi connectivity index (χ4v) is 2.14. The number of amides is 1. The zero-order valence-corrected chi connectivity index (χ0v) is 12.8. The average molecular weight is 292 g/mol. The van der Waals surface area contributed by atoms with Gasteiger partial charge in [0, 0.05) is 19.3 Å². The van der Waals surface area contributed by atoms with Crippen LogP contribution < -0.4 is 0 Å². The van der Waals surface area contributed by atoms with Crippen LogP contribution in [0, 0.1) is 0 Å². The highest BCUT2D eigenvalue weighted by molar-refractivity contribution is 5.87. The Kier molecular flexibility index (Phi) is 4.16. The van der Waals surface area contributed by atoms with Gasteiger partial charge < -0.3 is 14.4 Å². The molecule has 0 atom stereocenters. The van der Waals surface area contributed by atoms with Crippen molar-refractivity contribution in [3.8, 4) is 0 Å². The first kappa shape index (κ1) is 15.3. The van der Waals surface area contributed by atoms with Crippen molar-refractivity contribution >= 4 is 12.1 Å². The van der Waals surface area contributed by atoms with Crippen molar-refractivity contribution < 1.29 is 19.1 Å². The van der Waals surface area contributed by atoms with Gasteiger partial charge in [0.05, 0.1) is 7.11 Å². The lowest BCUT2D eigenvalue weighted by Gasteiger charge is -2.31. The van der Waals surface area contributed by atoms with Crippen molar-refractivity contribution in [2.24, 2.45) is 0 Å². The Bertz CT molecular complexity index is 563. The minimum absolute atomic E-state index is 0.252. The number of aromatic nitrogens is 1. The Morgan fingerprint density at radius 2 is 2.00 bits per heavy atom. The van der Waals surface area contributed by atoms with Gasteiger partial charge in [-0.15, -0.1) is 0 Å². The number of pyridine rings is 1. The fourth-order valence-electron chi connectivity index (χ4n) is 2.14. The van der Waals surface area contributed by atoms with Gasteiger partial charge in [0.1, 0.15) is 11.3 Å². The van der Waals surface area contributed by atoms with Crippen LogP contribution in [0.4, 0.5) is 4.79 Å². The quantitative estimate of drug-likeness (QED) is 0.742. The maximum atomic E-state index is 12.1. The molecule has 0 fully saturated rings. The molecule has 1 aliphatic rings. The van der Waals surface area contributed by atoms with E-state index < -0.39 is 11.6 Å². The topological polar surface area (TPSA) is 68.7 Å². The summed E-state index contributed by atoms with van der Waals surface area (Å²) in [5.74, 6) is -0.479. The Balaban J connectivity index is 2.15. The van der Waals surface area contributed by atoms with Crippen LogP contribution in [-0.4, -0.2) is 41.2 Å². The van der Waals surface area contributed by atoms with Crippen LogP contribution in [0.25, 0.3) is 0 Å². The summed E-state index contributed by atoms with van der Waals surface area (Å²) in [5.41, 5.74) is 1.68. The highest BCUT2D eigenvalue weighted by Crippen LogP contribution is 2.21. The fraction of sp³-hybridized carbons (Fsp3) is 0.533. The summed E-state index contributed by atoms with van der Waals surface area (Å²) in [5, 5.41) is 0. The van der Waals surface area contributed by atoms with Crippen LogP contribution in [0.3, 0.4) is 0 Å². The van der Waals surface area contributed by atoms with Gasteiger partial charge in [-0.1, -0.05) is 0 Å². The van der Waals surface area contributed by atoms with Gasteiger partial charge in [-0.05, 0) is 44.4 Å². The first-order chi connectivity index (χ1) is 9.80. The SMILES string of the molecule is COC(=O)c1cc2c(cn1)CCN(C(=O)OC(C)(C)C)C2. The van der Waals surface area contributed by atoms with Crippen LogP contribution in [0.15, 0.2) is 12.3 Å². The normalized spacial score (nSPS) is 14.4. The number of fused-ring (bicyclic) bond motifs is 1. The average Bonchev–Trinajstić information content (AvgIpc) is 2.43. The van der Waals surface area contributed by atoms with Crippen LogP contribution in [0.1, 0.15) is 42.4 Å². The zero-order valence-electron chi connectivity index (χ0n) is 12.8. The summed E-state index contributed by atoms with van der Waals surface area (Å²) in [6.07, 6.45) is 2.03. The van der Waals surface area contributed by atoms with E-state index in [0.717, 1.165) is 11.1 Å². The molecule has 0 N–H and O–H groups in total. The largest absolute Gasteiger partial charge is 0.464 e. The number of esters is 1. The molecule has 0 saturated carbocycles. The van der Waals surface area contributed by atoms with Gasteiger partial charge in [0.25, 0.3) is 0 Å². The number of hydrogen-bond donors (Lipinski definition) is 0. The molecule has 21 heavy (non-hydrogen) atoms. The summed E-state index contributed by atoms with van der Waals surface area (Å²) >= 11 is 0. The smallest absolute Gasteiger partial charge is 0.410 e. The van der Waals surface area contributed by atoms with E-state index in [9.17, 15) is 9.59 Å². The Morgan fingerprint density at radius 3 is 2.62 bits per heavy atom. The molecular formula is C15H20N2O4. The molecule has 114 valence electrons. The molecule has 1 aromatic rings. The summed E-state index contributed by atoms with van der Waals surface area (Å²) in [7, 11) is 1.32. The highest BCUT2D eigenvalue weighted by Gasteiger charge is 2.26. The van der Waals surface area contributed by atoms with Crippen molar-refractivity contribution in [1.29, 1.82) is 0 Å². The second-order valence-corrected chi connectivity index (χ2v) is 5.98. The predicted octanol–water partition coefficient (Wildman–Crippen LogP) is 2.16. The van der Waals surface area contributed by atoms with Crippen LogP contribution in [-0.2, 0) is 22.4 Å². The van der Waals surface area contributed by atoms with Gasteiger partial charge in [0.2, 0.25) is 0 Å². The van der Waals surface area contributed by atoms with Crippen molar-refractivity contribution in [2.75, 3.05) is 13.7 Å². The van der Waals surface area contributed by atoms with E-state index in [-0.39, 0.29) is 11.8 Å². The highest BCUT2D eigenvalue weighted by atomic mass is 16.6. The minimum Gasteiger partial charge on any atom is -0.464 e. The van der Waals surface area contributed by atoms with Crippen molar-refractivity contribution in [1.82, 2.24) is 9.88 Å². The lowest BCUT2D eigenvalue weighted by Crippen LogP contribution is -2.40. The molecule has 0 unspecified atom stereocenters. The molecular weight excluding hydrogens is 272 g/mol. The number of ether oxygens (including phenoxy) is 2. The van der Waals surface area contributed by atoms with Gasteiger partial charge >= 0.3 is 12.1 Å². The van der Waals surface area contributed by atoms with Gasteiger partial charge in [-0.3, -0.25) is 0 Å². The summed E-state index contributed by atoms with van der Waals surface area (Å²) in [6.45, 7) is 6.50. The van der Waals surface area contributed by atoms with Crippen LogP contribution >= 0.6 is 0 Å². The van der Waals surface area contributed by atoms with E-state index in [4.69, 9.17) is 4.74 Å². The zero-order chi connectivity index (χ0) is 15.6. The molecule has 0 aromatic carbocycles. The van der Waals surface area contributed by atoms with Crippen molar-refractivity contribution in [2.45, 2.75) is 39.3 Å². The number of hydrogen-bond acceptors (Lipinski definition) is 5. The van der Waals surface area contributed by atoms with Crippen LogP contribution in [0.5, 0.6) is 0 Å². The van der Waals surface area contributed by atoms with Gasteiger partial charge in [0.15, 0.2) is 0 Å². The Labute approximate surface area is 124 Å². The van der Waals surface area contributed by atoms with E-state index in [1.165, 1.54) is 7.11 Å². The molecule has 1 amide bonds. The standard InChI is InChI=1S/C15H20N2O4/c1-15(2,3)21-14(19)17-6-5-10-8-16-12(13(18)20-4)7-11(10)9-17/h7-8H,5-6,9H2,1-4H3. The summed E-state index contributed by atoms with van der Waals surface area (Å²) in [4.78, 5) is 29.3. The predicted molar refractivity (Wildman–Crippen MR) is 75.9 cm³/mol. The summed E-state index contributed by atoms with van der Waals surface area (Å²) in [6, 6.07) is 1.68. The molecule has 0 aliphatic carbocycles. The van der Waals surface area contributed by atoms with E-state index in [1.54, 1.807) is 17.2 Å². The molecule has 0 saturated heterocycles. The maximum absolute atomic E-state index is 12.1. The summed E-state index contributed by atoms with van der Waals surface area (Å²) < 4.78 is 10.0. The first-order valence-corrected chi connectivity index (χ1v) is 6.84. The second kappa shape index (κ2) is 5.71. The van der Waals surface area contributed by atoms with E-state index in [2.05, 4.69) is 9.72 Å². The lowest BCUT2D eigenvalue weighted by molar-refractivity contribution is 0.0224. The third-order valence-corrected chi connectivity index (χ3v) is 3.14. The molecule has 6 nitrogen and oxygen atoms in total. The number of methoxy groups -OCH3 is 1. The minimum atomic E-state index is -0.521. The van der Waals surface area contributed by atoms with Crippen LogP contribution in [0.2, 0.25) is 0 Å². The lowest BCUT2D eigenvalue weighted by atomic mass is 10.0. The number of nitrogens with zero attached hydrogens (tertiary/aromatic N) is 2. The Morgan fingerprint density at radius 1 is 1.29 bits per heavy atom. The van der Waals surface area contributed by atoms with Crippen molar-refractivity contribution in [3.05, 3.63) is 29.1 Å². The van der Waals surface area contributed by atoms with Gasteiger partial charge in [-0.25, -0.2) is 14.6 Å². The molecule has 1 aromatic heterocycles. The Hall–Kier alpha value is -2.11. The molecule has 1 aliphatic heterocycles. The number of carbonyl (C=O) groups excluding carboxylic acids is 2. The second-order valence-electron chi connectivity index (χ2n) is 5.98. The first-order valence-electron chi connectivity index (χ1n) is 6.84. The number of rotatable bonds is 1. The molecule has 0 radical (unpaired) electrons.